The van der Waals surface area contributed by atoms with Crippen LogP contribution in [0.3, 0.4) is 0 Å². The summed E-state index contributed by atoms with van der Waals surface area (Å²) in [5, 5.41) is 21.9. The molecule has 0 amide bonds. The standard InChI is InChI=1S/C11H9NO4/c1-6-8(11(15)16-12-6)4-7-2-3-9(13)10(14)5-7/h2-5,13-14H,1H3. The number of phenols is 2. The number of hydrogen-bond acceptors (Lipinski definition) is 5. The number of hydrogen-bond donors (Lipinski definition) is 2. The molecule has 5 heteroatoms. The van der Waals surface area contributed by atoms with Gasteiger partial charge in [-0.25, -0.2) is 4.79 Å². The van der Waals surface area contributed by atoms with Crippen molar-refractivity contribution in [2.24, 2.45) is 5.16 Å². The topological polar surface area (TPSA) is 79.1 Å². The number of oxime groups is 1. The van der Waals surface area contributed by atoms with Crippen molar-refractivity contribution in [3.8, 4) is 11.5 Å². The molecule has 0 atom stereocenters. The molecule has 0 saturated carbocycles. The van der Waals surface area contributed by atoms with Crippen molar-refractivity contribution < 1.29 is 19.8 Å². The fourth-order valence-corrected chi connectivity index (χ4v) is 1.32. The molecule has 0 fully saturated rings. The van der Waals surface area contributed by atoms with E-state index in [1.54, 1.807) is 13.0 Å². The van der Waals surface area contributed by atoms with E-state index in [9.17, 15) is 9.90 Å². The molecule has 1 aliphatic rings. The number of rotatable bonds is 1. The summed E-state index contributed by atoms with van der Waals surface area (Å²) in [7, 11) is 0. The monoisotopic (exact) mass is 219 g/mol. The quantitative estimate of drug-likeness (QED) is 0.425. The highest BCUT2D eigenvalue weighted by molar-refractivity contribution is 6.24. The van der Waals surface area contributed by atoms with Crippen LogP contribution in [0.4, 0.5) is 0 Å². The van der Waals surface area contributed by atoms with Gasteiger partial charge in [0.25, 0.3) is 0 Å². The minimum absolute atomic E-state index is 0.207. The summed E-state index contributed by atoms with van der Waals surface area (Å²) in [4.78, 5) is 15.7. The summed E-state index contributed by atoms with van der Waals surface area (Å²) in [6.45, 7) is 1.65. The van der Waals surface area contributed by atoms with Gasteiger partial charge in [-0.2, -0.15) is 0 Å². The van der Waals surface area contributed by atoms with Crippen LogP contribution in [-0.2, 0) is 9.63 Å². The molecule has 1 heterocycles. The number of carbonyl (C=O) groups excluding carboxylic acids is 1. The molecule has 0 aliphatic carbocycles. The van der Waals surface area contributed by atoms with E-state index in [0.717, 1.165) is 0 Å². The number of nitrogens with zero attached hydrogens (tertiary/aromatic N) is 1. The lowest BCUT2D eigenvalue weighted by molar-refractivity contribution is -0.136. The molecule has 2 N–H and O–H groups in total. The largest absolute Gasteiger partial charge is 0.504 e. The second kappa shape index (κ2) is 3.69. The van der Waals surface area contributed by atoms with Gasteiger partial charge < -0.3 is 15.1 Å². The SMILES string of the molecule is CC1=NOC(=O)C1=Cc1ccc(O)c(O)c1. The van der Waals surface area contributed by atoms with Crippen LogP contribution in [0.25, 0.3) is 6.08 Å². The van der Waals surface area contributed by atoms with Crippen molar-refractivity contribution in [1.29, 1.82) is 0 Å². The second-order valence-electron chi connectivity index (χ2n) is 3.36. The van der Waals surface area contributed by atoms with E-state index in [2.05, 4.69) is 9.99 Å². The first-order chi connectivity index (χ1) is 7.58. The van der Waals surface area contributed by atoms with Crippen molar-refractivity contribution in [1.82, 2.24) is 0 Å². The molecule has 16 heavy (non-hydrogen) atoms. The van der Waals surface area contributed by atoms with E-state index in [1.807, 2.05) is 0 Å². The third kappa shape index (κ3) is 1.75. The Morgan fingerprint density at radius 3 is 2.62 bits per heavy atom. The maximum absolute atomic E-state index is 11.2. The lowest BCUT2D eigenvalue weighted by Gasteiger charge is -1.99. The van der Waals surface area contributed by atoms with Crippen LogP contribution in [0.1, 0.15) is 12.5 Å². The Bertz CT molecular complexity index is 517. The van der Waals surface area contributed by atoms with Crippen LogP contribution < -0.4 is 0 Å². The van der Waals surface area contributed by atoms with Gasteiger partial charge in [0.1, 0.15) is 0 Å². The van der Waals surface area contributed by atoms with E-state index >= 15 is 0 Å². The molecule has 5 nitrogen and oxygen atoms in total. The fraction of sp³-hybridized carbons (Fsp3) is 0.0909. The molecule has 0 saturated heterocycles. The molecule has 1 aliphatic heterocycles. The third-order valence-corrected chi connectivity index (χ3v) is 2.19. The number of benzene rings is 1. The number of aromatic hydroxyl groups is 2. The van der Waals surface area contributed by atoms with Gasteiger partial charge in [0.05, 0.1) is 11.3 Å². The molecule has 1 aromatic rings. The van der Waals surface area contributed by atoms with Gasteiger partial charge in [-0.15, -0.1) is 0 Å². The minimum Gasteiger partial charge on any atom is -0.504 e. The molecule has 2 rings (SSSR count). The van der Waals surface area contributed by atoms with Crippen LogP contribution in [0.15, 0.2) is 28.9 Å². The van der Waals surface area contributed by atoms with Crippen LogP contribution in [-0.4, -0.2) is 21.9 Å². The van der Waals surface area contributed by atoms with E-state index in [4.69, 9.17) is 5.11 Å². The molecule has 1 aromatic carbocycles. The van der Waals surface area contributed by atoms with Crippen LogP contribution >= 0.6 is 0 Å². The van der Waals surface area contributed by atoms with E-state index in [1.165, 1.54) is 18.2 Å². The first-order valence-electron chi connectivity index (χ1n) is 4.58. The van der Waals surface area contributed by atoms with Gasteiger partial charge in [0.2, 0.25) is 0 Å². The first-order valence-corrected chi connectivity index (χ1v) is 4.58. The highest BCUT2D eigenvalue weighted by Crippen LogP contribution is 2.26. The van der Waals surface area contributed by atoms with Gasteiger partial charge in [0.15, 0.2) is 11.5 Å². The van der Waals surface area contributed by atoms with Crippen molar-refractivity contribution >= 4 is 17.8 Å². The Balaban J connectivity index is 2.39. The van der Waals surface area contributed by atoms with Crippen molar-refractivity contribution in [2.75, 3.05) is 0 Å². The normalized spacial score (nSPS) is 17.4. The number of phenolic OH excluding ortho intramolecular Hbond substituents is 2. The van der Waals surface area contributed by atoms with E-state index in [-0.39, 0.29) is 11.5 Å². The second-order valence-corrected chi connectivity index (χ2v) is 3.36. The lowest BCUT2D eigenvalue weighted by atomic mass is 10.1. The molecular formula is C11H9NO4. The predicted molar refractivity (Wildman–Crippen MR) is 56.9 cm³/mol. The van der Waals surface area contributed by atoms with Gasteiger partial charge >= 0.3 is 5.97 Å². The highest BCUT2D eigenvalue weighted by Gasteiger charge is 2.21. The first kappa shape index (κ1) is 10.2. The van der Waals surface area contributed by atoms with Crippen molar-refractivity contribution in [2.45, 2.75) is 6.92 Å². The number of carbonyl (C=O) groups is 1. The van der Waals surface area contributed by atoms with Crippen LogP contribution in [0.2, 0.25) is 0 Å². The van der Waals surface area contributed by atoms with Crippen molar-refractivity contribution in [3.63, 3.8) is 0 Å². The summed E-state index contributed by atoms with van der Waals surface area (Å²) >= 11 is 0. The zero-order valence-corrected chi connectivity index (χ0v) is 8.47. The Labute approximate surface area is 91.3 Å². The summed E-state index contributed by atoms with van der Waals surface area (Å²) < 4.78 is 0. The van der Waals surface area contributed by atoms with Crippen LogP contribution in [0.5, 0.6) is 11.5 Å². The molecule has 82 valence electrons. The summed E-state index contributed by atoms with van der Waals surface area (Å²) in [5.41, 5.74) is 1.40. The lowest BCUT2D eigenvalue weighted by Crippen LogP contribution is -2.01. The average Bonchev–Trinajstić information content (AvgIpc) is 2.55. The summed E-state index contributed by atoms with van der Waals surface area (Å²) in [5.74, 6) is -0.970. The van der Waals surface area contributed by atoms with Crippen LogP contribution in [0, 0.1) is 0 Å². The van der Waals surface area contributed by atoms with Gasteiger partial charge in [0, 0.05) is 0 Å². The van der Waals surface area contributed by atoms with Crippen molar-refractivity contribution in [3.05, 3.63) is 29.3 Å². The van der Waals surface area contributed by atoms with E-state index in [0.29, 0.717) is 16.8 Å². The maximum Gasteiger partial charge on any atom is 0.367 e. The molecule has 0 aromatic heterocycles. The molecule has 0 spiro atoms. The minimum atomic E-state index is -0.523. The zero-order valence-electron chi connectivity index (χ0n) is 8.47. The molecule has 0 unspecified atom stereocenters. The predicted octanol–water partition coefficient (Wildman–Crippen LogP) is 1.41. The van der Waals surface area contributed by atoms with Gasteiger partial charge in [-0.05, 0) is 30.7 Å². The Morgan fingerprint density at radius 1 is 1.31 bits per heavy atom. The van der Waals surface area contributed by atoms with Gasteiger partial charge in [-0.1, -0.05) is 11.2 Å². The third-order valence-electron chi connectivity index (χ3n) is 2.19. The fourth-order valence-electron chi connectivity index (χ4n) is 1.32. The maximum atomic E-state index is 11.2. The zero-order chi connectivity index (χ0) is 11.7. The van der Waals surface area contributed by atoms with Gasteiger partial charge in [-0.3, -0.25) is 0 Å². The average molecular weight is 219 g/mol. The van der Waals surface area contributed by atoms with E-state index < -0.39 is 5.97 Å². The Hall–Kier alpha value is -2.30. The Kier molecular flexibility index (Phi) is 2.36. The highest BCUT2D eigenvalue weighted by atomic mass is 16.7. The molecule has 0 radical (unpaired) electrons. The smallest absolute Gasteiger partial charge is 0.367 e. The summed E-state index contributed by atoms with van der Waals surface area (Å²) in [6.07, 6.45) is 1.54. The molecule has 0 bridgehead atoms. The molecular weight excluding hydrogens is 210 g/mol. The Morgan fingerprint density at radius 2 is 2.06 bits per heavy atom. The summed E-state index contributed by atoms with van der Waals surface area (Å²) in [6, 6.07) is 4.26.